The van der Waals surface area contributed by atoms with Crippen LogP contribution in [0.1, 0.15) is 68.6 Å². The second-order valence-electron chi connectivity index (χ2n) is 10.4. The molecule has 0 bridgehead atoms. The number of benzene rings is 2. The SMILES string of the molecule is CCCCCCCCCCNCCOC.COc1cc2c(cc1C(=O)O)nc(Nc1nc3ccc(OC(F)(F)F)cc3s1)n2C. The fourth-order valence-corrected chi connectivity index (χ4v) is 5.49. The number of imidazole rings is 1. The molecule has 248 valence electrons. The van der Waals surface area contributed by atoms with Gasteiger partial charge in [0, 0.05) is 32.8 Å². The van der Waals surface area contributed by atoms with Crippen LogP contribution in [0.15, 0.2) is 30.3 Å². The third kappa shape index (κ3) is 11.4. The molecular formula is C31H42F3N5O5S. The highest BCUT2D eigenvalue weighted by atomic mass is 32.1. The second-order valence-corrected chi connectivity index (χ2v) is 11.4. The van der Waals surface area contributed by atoms with E-state index >= 15 is 0 Å². The van der Waals surface area contributed by atoms with Gasteiger partial charge in [-0.1, -0.05) is 63.2 Å². The molecule has 4 aromatic rings. The second kappa shape index (κ2) is 17.8. The monoisotopic (exact) mass is 653 g/mol. The first kappa shape index (κ1) is 35.9. The van der Waals surface area contributed by atoms with E-state index in [1.165, 1.54) is 82.7 Å². The summed E-state index contributed by atoms with van der Waals surface area (Å²) >= 11 is 1.12. The van der Waals surface area contributed by atoms with Crippen molar-refractivity contribution in [2.75, 3.05) is 39.2 Å². The first-order valence-electron chi connectivity index (χ1n) is 15.0. The number of unbranched alkanes of at least 4 members (excludes halogenated alkanes) is 7. The van der Waals surface area contributed by atoms with E-state index in [9.17, 15) is 23.1 Å². The van der Waals surface area contributed by atoms with E-state index < -0.39 is 12.3 Å². The fourth-order valence-electron chi connectivity index (χ4n) is 4.60. The van der Waals surface area contributed by atoms with E-state index in [4.69, 9.17) is 9.47 Å². The molecule has 14 heteroatoms. The number of hydrogen-bond donors (Lipinski definition) is 3. The molecule has 0 saturated heterocycles. The maximum absolute atomic E-state index is 12.4. The molecule has 0 atom stereocenters. The van der Waals surface area contributed by atoms with Crippen molar-refractivity contribution in [1.82, 2.24) is 19.9 Å². The lowest BCUT2D eigenvalue weighted by molar-refractivity contribution is -0.274. The molecule has 0 amide bonds. The number of halogens is 3. The zero-order valence-corrected chi connectivity index (χ0v) is 26.9. The number of fused-ring (bicyclic) bond motifs is 2. The molecule has 0 saturated carbocycles. The number of hydrogen-bond acceptors (Lipinski definition) is 9. The van der Waals surface area contributed by atoms with Crippen molar-refractivity contribution in [3.05, 3.63) is 35.9 Å². The molecule has 2 aromatic heterocycles. The number of ether oxygens (including phenoxy) is 3. The van der Waals surface area contributed by atoms with Crippen LogP contribution in [0.4, 0.5) is 24.3 Å². The molecule has 0 aliphatic rings. The summed E-state index contributed by atoms with van der Waals surface area (Å²) in [5.74, 6) is -0.902. The number of carboxylic acids is 1. The van der Waals surface area contributed by atoms with Gasteiger partial charge in [-0.3, -0.25) is 0 Å². The lowest BCUT2D eigenvalue weighted by Crippen LogP contribution is -2.20. The Morgan fingerprint density at radius 3 is 2.33 bits per heavy atom. The molecule has 4 rings (SSSR count). The number of aromatic nitrogens is 3. The molecule has 0 aliphatic heterocycles. The van der Waals surface area contributed by atoms with Crippen molar-refractivity contribution in [2.24, 2.45) is 7.05 Å². The summed E-state index contributed by atoms with van der Waals surface area (Å²) in [5, 5.41) is 16.1. The predicted molar refractivity (Wildman–Crippen MR) is 171 cm³/mol. The van der Waals surface area contributed by atoms with Gasteiger partial charge in [0.1, 0.15) is 17.1 Å². The van der Waals surface area contributed by atoms with Gasteiger partial charge in [-0.15, -0.1) is 13.2 Å². The van der Waals surface area contributed by atoms with Crippen LogP contribution in [-0.2, 0) is 11.8 Å². The van der Waals surface area contributed by atoms with Crippen molar-refractivity contribution in [3.8, 4) is 11.5 Å². The molecule has 2 aromatic carbocycles. The van der Waals surface area contributed by atoms with Gasteiger partial charge in [-0.05, 0) is 31.2 Å². The summed E-state index contributed by atoms with van der Waals surface area (Å²) in [4.78, 5) is 20.1. The third-order valence-corrected chi connectivity index (χ3v) is 7.87. The lowest BCUT2D eigenvalue weighted by atomic mass is 10.1. The number of nitrogens with one attached hydrogen (secondary N) is 2. The highest BCUT2D eigenvalue weighted by molar-refractivity contribution is 7.22. The molecule has 2 heterocycles. The zero-order chi connectivity index (χ0) is 32.8. The summed E-state index contributed by atoms with van der Waals surface area (Å²) < 4.78 is 53.4. The Labute approximate surface area is 264 Å². The predicted octanol–water partition coefficient (Wildman–Crippen LogP) is 7.90. The lowest BCUT2D eigenvalue weighted by Gasteiger charge is -2.07. The smallest absolute Gasteiger partial charge is 0.496 e. The van der Waals surface area contributed by atoms with Gasteiger partial charge in [-0.25, -0.2) is 14.8 Å². The maximum atomic E-state index is 12.4. The molecule has 45 heavy (non-hydrogen) atoms. The molecule has 0 aliphatic carbocycles. The average molecular weight is 654 g/mol. The Hall–Kier alpha value is -3.62. The van der Waals surface area contributed by atoms with E-state index in [0.717, 1.165) is 31.0 Å². The van der Waals surface area contributed by atoms with Crippen molar-refractivity contribution in [1.29, 1.82) is 0 Å². The number of nitrogens with zero attached hydrogens (tertiary/aromatic N) is 3. The number of aryl methyl sites for hydroxylation is 1. The number of aromatic carboxylic acids is 1. The Morgan fingerprint density at radius 2 is 1.69 bits per heavy atom. The number of anilines is 2. The van der Waals surface area contributed by atoms with Crippen molar-refractivity contribution in [3.63, 3.8) is 0 Å². The molecule has 0 radical (unpaired) electrons. The van der Waals surface area contributed by atoms with E-state index in [0.29, 0.717) is 32.3 Å². The van der Waals surface area contributed by atoms with Crippen molar-refractivity contribution in [2.45, 2.75) is 64.7 Å². The van der Waals surface area contributed by atoms with E-state index in [1.54, 1.807) is 24.8 Å². The van der Waals surface area contributed by atoms with Crippen LogP contribution in [0.3, 0.4) is 0 Å². The van der Waals surface area contributed by atoms with Gasteiger partial charge in [0.15, 0.2) is 5.13 Å². The van der Waals surface area contributed by atoms with E-state index in [1.807, 2.05) is 0 Å². The van der Waals surface area contributed by atoms with Gasteiger partial charge in [0.05, 0.1) is 35.0 Å². The molecule has 3 N–H and O–H groups in total. The Bertz CT molecular complexity index is 1500. The van der Waals surface area contributed by atoms with Crippen LogP contribution in [0.5, 0.6) is 11.5 Å². The average Bonchev–Trinajstić information content (AvgIpc) is 3.53. The van der Waals surface area contributed by atoms with E-state index in [-0.39, 0.29) is 17.1 Å². The minimum absolute atomic E-state index is 0.0215. The van der Waals surface area contributed by atoms with Gasteiger partial charge >= 0.3 is 12.3 Å². The number of alkyl halides is 3. The first-order valence-corrected chi connectivity index (χ1v) is 15.8. The van der Waals surface area contributed by atoms with Gasteiger partial charge < -0.3 is 34.5 Å². The van der Waals surface area contributed by atoms with Gasteiger partial charge in [0.25, 0.3) is 0 Å². The molecular weight excluding hydrogens is 611 g/mol. The Balaban J connectivity index is 0.000000313. The highest BCUT2D eigenvalue weighted by Gasteiger charge is 2.31. The maximum Gasteiger partial charge on any atom is 0.573 e. The summed E-state index contributed by atoms with van der Waals surface area (Å²) in [7, 11) is 4.85. The first-order chi connectivity index (χ1) is 21.6. The minimum Gasteiger partial charge on any atom is -0.496 e. The highest BCUT2D eigenvalue weighted by Crippen LogP contribution is 2.34. The quantitative estimate of drug-likeness (QED) is 0.0977. The molecule has 0 spiro atoms. The molecule has 10 nitrogen and oxygen atoms in total. The fraction of sp³-hybridized carbons (Fsp3) is 0.516. The number of carboxylic acid groups (broad SMARTS) is 1. The largest absolute Gasteiger partial charge is 0.573 e. The van der Waals surface area contributed by atoms with Crippen LogP contribution >= 0.6 is 11.3 Å². The van der Waals surface area contributed by atoms with Gasteiger partial charge in [0.2, 0.25) is 5.95 Å². The third-order valence-electron chi connectivity index (χ3n) is 6.93. The molecule has 0 fully saturated rings. The van der Waals surface area contributed by atoms with Crippen LogP contribution in [0.2, 0.25) is 0 Å². The number of rotatable bonds is 17. The number of thiazole rings is 1. The van der Waals surface area contributed by atoms with Crippen LogP contribution in [0.25, 0.3) is 21.3 Å². The van der Waals surface area contributed by atoms with Crippen LogP contribution in [-0.4, -0.2) is 65.9 Å². The zero-order valence-electron chi connectivity index (χ0n) is 26.1. The van der Waals surface area contributed by atoms with Gasteiger partial charge in [-0.2, -0.15) is 0 Å². The summed E-state index contributed by atoms with van der Waals surface area (Å²) in [6.07, 6.45) is 6.40. The topological polar surface area (TPSA) is 120 Å². The summed E-state index contributed by atoms with van der Waals surface area (Å²) in [6, 6.07) is 6.84. The Kier molecular flexibility index (Phi) is 14.2. The number of carbonyl (C=O) groups is 1. The van der Waals surface area contributed by atoms with Crippen LogP contribution in [0, 0.1) is 0 Å². The molecule has 0 unspecified atom stereocenters. The van der Waals surface area contributed by atoms with Crippen LogP contribution < -0.4 is 20.1 Å². The summed E-state index contributed by atoms with van der Waals surface area (Å²) in [5.41, 5.74) is 1.53. The number of methoxy groups -OCH3 is 2. The standard InChI is InChI=1S/C18H13F3N4O4S.C13H29NO/c1-25-12-7-13(28-2)9(15(26)27)6-11(12)22-16(25)24-17-23-10-4-3-8(5-14(10)30-17)29-18(19,20)21;1-3-4-5-6-7-8-9-10-11-14-12-13-15-2/h3-7H,1-2H3,(H,26,27)(H,22,23,24);14H,3-13H2,1-2H3. The van der Waals surface area contributed by atoms with Crippen molar-refractivity contribution < 1.29 is 37.3 Å². The minimum atomic E-state index is -4.78. The summed E-state index contributed by atoms with van der Waals surface area (Å²) in [6.45, 7) is 5.24. The Morgan fingerprint density at radius 1 is 0.978 bits per heavy atom. The normalized spacial score (nSPS) is 11.4. The van der Waals surface area contributed by atoms with E-state index in [2.05, 4.69) is 32.3 Å². The van der Waals surface area contributed by atoms with Crippen molar-refractivity contribution >= 4 is 49.6 Å².